The smallest absolute Gasteiger partial charge is 0.405 e. The van der Waals surface area contributed by atoms with Crippen LogP contribution in [0.2, 0.25) is 5.02 Å². The Bertz CT molecular complexity index is 1860. The number of alkyl halides is 5. The lowest BCUT2D eigenvalue weighted by Gasteiger charge is -2.28. The Balaban J connectivity index is 1.97. The number of carbonyl (C=O) groups excluding carboxylic acids is 5. The van der Waals surface area contributed by atoms with Crippen molar-refractivity contribution in [2.45, 2.75) is 57.0 Å². The van der Waals surface area contributed by atoms with Gasteiger partial charge in [-0.3, -0.25) is 24.0 Å². The summed E-state index contributed by atoms with van der Waals surface area (Å²) < 4.78 is 72.8. The summed E-state index contributed by atoms with van der Waals surface area (Å²) in [5, 5.41) is 19.4. The van der Waals surface area contributed by atoms with Crippen LogP contribution in [0.15, 0.2) is 72.8 Å². The summed E-state index contributed by atoms with van der Waals surface area (Å²) in [7, 11) is 1.35. The van der Waals surface area contributed by atoms with E-state index in [0.29, 0.717) is 16.9 Å². The molecule has 0 saturated carbocycles. The topological polar surface area (TPSA) is 192 Å². The van der Waals surface area contributed by atoms with Gasteiger partial charge in [-0.25, -0.2) is 4.79 Å². The van der Waals surface area contributed by atoms with Gasteiger partial charge in [0.15, 0.2) is 0 Å². The second kappa shape index (κ2) is 19.0. The normalized spacial score (nSPS) is 13.1. The molecule has 6 N–H and O–H groups in total. The van der Waals surface area contributed by atoms with Crippen molar-refractivity contribution in [1.29, 1.82) is 0 Å². The second-order valence-corrected chi connectivity index (χ2v) is 12.8. The molecule has 0 saturated heterocycles. The van der Waals surface area contributed by atoms with E-state index in [1.165, 1.54) is 69.5 Å². The molecule has 0 aromatic heterocycles. The van der Waals surface area contributed by atoms with Gasteiger partial charge in [0, 0.05) is 23.6 Å². The summed E-state index contributed by atoms with van der Waals surface area (Å²) in [6.45, 7) is 0.309. The lowest BCUT2D eigenvalue weighted by molar-refractivity contribution is -0.165. The molecular formula is C36H37ClF5N5O8. The molecule has 5 amide bonds. The van der Waals surface area contributed by atoms with E-state index in [-0.39, 0.29) is 29.1 Å². The predicted octanol–water partition coefficient (Wildman–Crippen LogP) is 4.34. The van der Waals surface area contributed by atoms with Crippen LogP contribution in [0.1, 0.15) is 46.9 Å². The Morgan fingerprint density at radius 1 is 0.800 bits per heavy atom. The van der Waals surface area contributed by atoms with Crippen molar-refractivity contribution in [2.24, 2.45) is 5.92 Å². The molecule has 13 nitrogen and oxygen atoms in total. The van der Waals surface area contributed by atoms with Gasteiger partial charge < -0.3 is 36.4 Å². The van der Waals surface area contributed by atoms with E-state index in [9.17, 15) is 50.7 Å². The molecule has 19 heteroatoms. The van der Waals surface area contributed by atoms with Crippen molar-refractivity contribution in [3.05, 3.63) is 100 Å². The lowest BCUT2D eigenvalue weighted by Crippen LogP contribution is -2.58. The number of carboxylic acid groups (broad SMARTS) is 1. The van der Waals surface area contributed by atoms with Crippen LogP contribution in [0.4, 0.5) is 26.7 Å². The van der Waals surface area contributed by atoms with Crippen LogP contribution >= 0.6 is 11.6 Å². The molecule has 55 heavy (non-hydrogen) atoms. The molecule has 0 radical (unpaired) electrons. The number of halogens is 6. The Labute approximate surface area is 316 Å². The number of amides is 5. The first-order valence-corrected chi connectivity index (χ1v) is 16.7. The third-order valence-electron chi connectivity index (χ3n) is 7.90. The van der Waals surface area contributed by atoms with Gasteiger partial charge >= 0.3 is 18.2 Å². The van der Waals surface area contributed by atoms with Gasteiger partial charge in [-0.2, -0.15) is 22.0 Å². The maximum Gasteiger partial charge on any atom is 0.405 e. The van der Waals surface area contributed by atoms with Gasteiger partial charge in [-0.05, 0) is 52.9 Å². The van der Waals surface area contributed by atoms with E-state index in [1.54, 1.807) is 24.3 Å². The maximum absolute atomic E-state index is 14.9. The standard InChI is InChI=1S/C36H37ClF5N5O8/c1-19(2)27(29(48)36(41,42)33(52)44-18-35(38,39)40)46-32(51)28(22-11-13-25(55-3)14-12-22)47-31(50)26(45-30(49)23-5-4-6-24(37)16-23)15-20-7-9-21(10-8-20)17-43-34(53)54/h4-14,16,19,26-28,43H,15,17-18H2,1-3H3,(H,44,52)(H,45,49)(H,46,51)(H,47,50)(H,53,54)/t26-,27-,28-/m0/s1. The van der Waals surface area contributed by atoms with E-state index < -0.39 is 78.2 Å². The number of rotatable bonds is 17. The molecule has 0 aliphatic carbocycles. The third-order valence-corrected chi connectivity index (χ3v) is 8.14. The van der Waals surface area contributed by atoms with Crippen LogP contribution in [-0.2, 0) is 32.1 Å². The minimum Gasteiger partial charge on any atom is -0.497 e. The zero-order valence-electron chi connectivity index (χ0n) is 29.4. The molecule has 0 aliphatic heterocycles. The van der Waals surface area contributed by atoms with Crippen molar-refractivity contribution in [2.75, 3.05) is 13.7 Å². The van der Waals surface area contributed by atoms with E-state index >= 15 is 0 Å². The monoisotopic (exact) mass is 797 g/mol. The summed E-state index contributed by atoms with van der Waals surface area (Å²) >= 11 is 6.04. The summed E-state index contributed by atoms with van der Waals surface area (Å²) in [6.07, 6.45) is -6.49. The zero-order valence-corrected chi connectivity index (χ0v) is 30.2. The van der Waals surface area contributed by atoms with Crippen LogP contribution in [0.25, 0.3) is 0 Å². The first kappa shape index (κ1) is 43.6. The van der Waals surface area contributed by atoms with Crippen molar-refractivity contribution >= 4 is 47.1 Å². The number of ketones is 1. The average molecular weight is 798 g/mol. The van der Waals surface area contributed by atoms with E-state index in [0.717, 1.165) is 5.32 Å². The second-order valence-electron chi connectivity index (χ2n) is 12.4. The molecule has 0 fully saturated rings. The van der Waals surface area contributed by atoms with Crippen LogP contribution in [0.5, 0.6) is 5.75 Å². The van der Waals surface area contributed by atoms with Crippen LogP contribution in [-0.4, -0.2) is 78.4 Å². The number of hydrogen-bond donors (Lipinski definition) is 6. The molecule has 3 rings (SSSR count). The van der Waals surface area contributed by atoms with Crippen molar-refractivity contribution in [1.82, 2.24) is 26.6 Å². The molecule has 0 aliphatic rings. The first-order chi connectivity index (χ1) is 25.7. The Kier molecular flexibility index (Phi) is 15.1. The third kappa shape index (κ3) is 12.9. The molecule has 0 heterocycles. The molecule has 0 bridgehead atoms. The predicted molar refractivity (Wildman–Crippen MR) is 187 cm³/mol. The van der Waals surface area contributed by atoms with Gasteiger partial charge in [0.05, 0.1) is 13.2 Å². The minimum absolute atomic E-state index is 0.0201. The lowest BCUT2D eigenvalue weighted by atomic mass is 9.94. The molecule has 3 atom stereocenters. The number of hydrogen-bond acceptors (Lipinski definition) is 7. The van der Waals surface area contributed by atoms with Gasteiger partial charge in [-0.1, -0.05) is 67.9 Å². The van der Waals surface area contributed by atoms with Gasteiger partial charge in [0.25, 0.3) is 11.8 Å². The quantitative estimate of drug-likeness (QED) is 0.0859. The summed E-state index contributed by atoms with van der Waals surface area (Å²) in [5.41, 5.74) is 1.17. The highest BCUT2D eigenvalue weighted by Crippen LogP contribution is 2.24. The average Bonchev–Trinajstić information content (AvgIpc) is 3.13. The first-order valence-electron chi connectivity index (χ1n) is 16.3. The van der Waals surface area contributed by atoms with Crippen LogP contribution in [0.3, 0.4) is 0 Å². The van der Waals surface area contributed by atoms with Crippen LogP contribution < -0.4 is 31.3 Å². The van der Waals surface area contributed by atoms with E-state index in [4.69, 9.17) is 21.4 Å². The SMILES string of the molecule is COc1ccc([C@H](NC(=O)[C@H](Cc2ccc(CNC(=O)O)cc2)NC(=O)c2cccc(Cl)c2)C(=O)N[C@H](C(=O)C(F)(F)C(=O)NCC(F)(F)F)C(C)C)cc1. The van der Waals surface area contributed by atoms with E-state index in [1.807, 2.05) is 0 Å². The Hall–Kier alpha value is -5.78. The zero-order chi connectivity index (χ0) is 41.1. The largest absolute Gasteiger partial charge is 0.497 e. The summed E-state index contributed by atoms with van der Waals surface area (Å²) in [4.78, 5) is 77.0. The van der Waals surface area contributed by atoms with Crippen molar-refractivity contribution in [3.63, 3.8) is 0 Å². The number of benzene rings is 3. The molecule has 296 valence electrons. The fourth-order valence-corrected chi connectivity index (χ4v) is 5.19. The van der Waals surface area contributed by atoms with Crippen LogP contribution in [0, 0.1) is 5.92 Å². The number of methoxy groups -OCH3 is 1. The van der Waals surface area contributed by atoms with Gasteiger partial charge in [0.1, 0.15) is 24.4 Å². The number of carbonyl (C=O) groups is 6. The Morgan fingerprint density at radius 2 is 1.42 bits per heavy atom. The molecule has 3 aromatic carbocycles. The van der Waals surface area contributed by atoms with E-state index in [2.05, 4.69) is 21.3 Å². The molecule has 0 unspecified atom stereocenters. The molecular weight excluding hydrogens is 761 g/mol. The summed E-state index contributed by atoms with van der Waals surface area (Å²) in [5.74, 6) is -13.5. The number of nitrogens with one attached hydrogen (secondary N) is 5. The highest BCUT2D eigenvalue weighted by molar-refractivity contribution is 6.31. The summed E-state index contributed by atoms with van der Waals surface area (Å²) in [6, 6.07) is 12.3. The van der Waals surface area contributed by atoms with Gasteiger partial charge in [-0.15, -0.1) is 0 Å². The van der Waals surface area contributed by atoms with Crippen molar-refractivity contribution in [3.8, 4) is 5.75 Å². The molecule has 3 aromatic rings. The van der Waals surface area contributed by atoms with Crippen molar-refractivity contribution < 1.29 is 60.6 Å². The fraction of sp³-hybridized carbons (Fsp3) is 0.333. The number of Topliss-reactive ketones (excluding diaryl/α,β-unsaturated/α-hetero) is 1. The fourth-order valence-electron chi connectivity index (χ4n) is 5.00. The minimum atomic E-state index is -5.06. The number of ether oxygens (including phenoxy) is 1. The highest BCUT2D eigenvalue weighted by atomic mass is 35.5. The van der Waals surface area contributed by atoms with Gasteiger partial charge in [0.2, 0.25) is 17.6 Å². The maximum atomic E-state index is 14.9. The highest BCUT2D eigenvalue weighted by Gasteiger charge is 2.52. The Morgan fingerprint density at radius 3 is 1.96 bits per heavy atom. The molecule has 0 spiro atoms.